The van der Waals surface area contributed by atoms with Crippen LogP contribution in [0.2, 0.25) is 5.02 Å². The Morgan fingerprint density at radius 3 is 2.77 bits per heavy atom. The highest BCUT2D eigenvalue weighted by Gasteiger charge is 2.34. The number of allylic oxidation sites excluding steroid dienone is 1. The predicted molar refractivity (Wildman–Crippen MR) is 148 cm³/mol. The monoisotopic (exact) mass is 491 g/mol. The van der Waals surface area contributed by atoms with Crippen molar-refractivity contribution in [1.29, 1.82) is 0 Å². The SMILES string of the molecule is CCCc1cc(Cl)ccc1C1COc2ccc3cc2N(C1)CC1CCC1C/C=C/CC[N+](C)=CC3. The molecule has 1 fully saturated rings. The van der Waals surface area contributed by atoms with Crippen LogP contribution in [0, 0.1) is 11.8 Å². The Bertz CT molecular complexity index is 1090. The minimum absolute atomic E-state index is 0.336. The average molecular weight is 492 g/mol. The molecule has 1 saturated carbocycles. The fourth-order valence-electron chi connectivity index (χ4n) is 5.98. The molecule has 186 valence electrons. The van der Waals surface area contributed by atoms with E-state index in [2.05, 4.69) is 78.2 Å². The molecular weight excluding hydrogens is 452 g/mol. The normalized spacial score (nSPS) is 25.6. The second kappa shape index (κ2) is 11.2. The van der Waals surface area contributed by atoms with E-state index in [9.17, 15) is 0 Å². The molecule has 3 aliphatic rings. The molecule has 4 heteroatoms. The van der Waals surface area contributed by atoms with Crippen LogP contribution in [0.5, 0.6) is 5.75 Å². The third kappa shape index (κ3) is 5.77. The van der Waals surface area contributed by atoms with Gasteiger partial charge in [0.1, 0.15) is 25.6 Å². The van der Waals surface area contributed by atoms with Crippen LogP contribution in [0.15, 0.2) is 48.6 Å². The standard InChI is InChI=1S/C31H40ClN2O/c1-3-7-25-19-28(32)12-13-29(25)27-21-34-20-26-11-10-24(26)8-5-4-6-16-33(2)17-15-23-9-14-31(35-22-27)30(34)18-23/h4-5,9,12-14,17-19,24,26-27H,3,6-8,10-11,15-16,20-22H2,1-2H3/q+1/b5-4+,33-17?. The summed E-state index contributed by atoms with van der Waals surface area (Å²) < 4.78 is 8.86. The fraction of sp³-hybridized carbons (Fsp3) is 0.516. The minimum Gasteiger partial charge on any atom is -0.491 e. The zero-order valence-corrected chi connectivity index (χ0v) is 22.1. The van der Waals surface area contributed by atoms with Crippen LogP contribution >= 0.6 is 11.6 Å². The Kier molecular flexibility index (Phi) is 7.82. The van der Waals surface area contributed by atoms with E-state index in [-0.39, 0.29) is 0 Å². The topological polar surface area (TPSA) is 15.5 Å². The third-order valence-electron chi connectivity index (χ3n) is 8.23. The van der Waals surface area contributed by atoms with Crippen LogP contribution in [0.1, 0.15) is 61.6 Å². The minimum atomic E-state index is 0.336. The Morgan fingerprint density at radius 1 is 1.06 bits per heavy atom. The van der Waals surface area contributed by atoms with Crippen LogP contribution in [0.3, 0.4) is 0 Å². The van der Waals surface area contributed by atoms with Crippen molar-refractivity contribution in [3.05, 3.63) is 70.3 Å². The highest BCUT2D eigenvalue weighted by atomic mass is 35.5. The molecule has 3 unspecified atom stereocenters. The number of nitrogens with zero attached hydrogens (tertiary/aromatic N) is 2. The van der Waals surface area contributed by atoms with Gasteiger partial charge in [0.15, 0.2) is 0 Å². The summed E-state index contributed by atoms with van der Waals surface area (Å²) in [7, 11) is 2.19. The van der Waals surface area contributed by atoms with Gasteiger partial charge in [-0.2, -0.15) is 0 Å². The molecule has 0 aromatic heterocycles. The van der Waals surface area contributed by atoms with Gasteiger partial charge in [0.25, 0.3) is 0 Å². The Labute approximate surface area is 216 Å². The van der Waals surface area contributed by atoms with E-state index >= 15 is 0 Å². The van der Waals surface area contributed by atoms with E-state index in [1.165, 1.54) is 41.6 Å². The van der Waals surface area contributed by atoms with E-state index in [0.29, 0.717) is 12.5 Å². The summed E-state index contributed by atoms with van der Waals surface area (Å²) in [5, 5.41) is 0.834. The number of halogens is 1. The van der Waals surface area contributed by atoms with E-state index in [0.717, 1.165) is 67.9 Å². The van der Waals surface area contributed by atoms with Gasteiger partial charge >= 0.3 is 0 Å². The fourth-order valence-corrected chi connectivity index (χ4v) is 6.17. The van der Waals surface area contributed by atoms with E-state index < -0.39 is 0 Å². The molecule has 3 nitrogen and oxygen atoms in total. The first-order valence-electron chi connectivity index (χ1n) is 13.6. The molecule has 0 saturated heterocycles. The summed E-state index contributed by atoms with van der Waals surface area (Å²) in [6, 6.07) is 13.3. The predicted octanol–water partition coefficient (Wildman–Crippen LogP) is 6.91. The number of hydrogen-bond acceptors (Lipinski definition) is 2. The number of rotatable bonds is 3. The average Bonchev–Trinajstić information content (AvgIpc) is 3.01. The van der Waals surface area contributed by atoms with Gasteiger partial charge in [-0.3, -0.25) is 0 Å². The van der Waals surface area contributed by atoms with Crippen molar-refractivity contribution in [2.24, 2.45) is 11.8 Å². The van der Waals surface area contributed by atoms with E-state index in [1.807, 2.05) is 0 Å². The van der Waals surface area contributed by atoms with Gasteiger partial charge in [0.05, 0.1) is 12.3 Å². The lowest BCUT2D eigenvalue weighted by Crippen LogP contribution is -2.40. The number of aryl methyl sites for hydroxylation is 1. The lowest BCUT2D eigenvalue weighted by Gasteiger charge is -2.41. The molecule has 2 aromatic rings. The molecule has 0 N–H and O–H groups in total. The summed E-state index contributed by atoms with van der Waals surface area (Å²) in [6.45, 7) is 6.15. The van der Waals surface area contributed by atoms with E-state index in [4.69, 9.17) is 16.3 Å². The molecule has 2 bridgehead atoms. The van der Waals surface area contributed by atoms with Crippen molar-refractivity contribution < 1.29 is 9.31 Å². The van der Waals surface area contributed by atoms with Gasteiger partial charge in [0, 0.05) is 36.9 Å². The molecule has 2 aromatic carbocycles. The van der Waals surface area contributed by atoms with Gasteiger partial charge in [-0.05, 0) is 78.5 Å². The summed E-state index contributed by atoms with van der Waals surface area (Å²) in [5.41, 5.74) is 5.42. The number of ether oxygens (including phenoxy) is 1. The van der Waals surface area contributed by atoms with Crippen LogP contribution in [-0.2, 0) is 12.8 Å². The molecule has 1 aliphatic carbocycles. The van der Waals surface area contributed by atoms with Gasteiger partial charge in [-0.1, -0.05) is 49.2 Å². The third-order valence-corrected chi connectivity index (χ3v) is 8.47. The smallest absolute Gasteiger partial charge is 0.145 e. The number of fused-ring (bicyclic) bond motifs is 2. The van der Waals surface area contributed by atoms with Gasteiger partial charge < -0.3 is 9.64 Å². The maximum Gasteiger partial charge on any atom is 0.145 e. The molecule has 35 heavy (non-hydrogen) atoms. The van der Waals surface area contributed by atoms with Crippen molar-refractivity contribution in [2.45, 2.75) is 57.8 Å². The summed E-state index contributed by atoms with van der Waals surface area (Å²) in [6.07, 6.45) is 15.3. The highest BCUT2D eigenvalue weighted by Crippen LogP contribution is 2.42. The summed E-state index contributed by atoms with van der Waals surface area (Å²) in [4.78, 5) is 2.66. The quantitative estimate of drug-likeness (QED) is 0.342. The van der Waals surface area contributed by atoms with E-state index in [1.54, 1.807) is 0 Å². The molecule has 0 radical (unpaired) electrons. The largest absolute Gasteiger partial charge is 0.491 e. The molecule has 0 amide bonds. The maximum absolute atomic E-state index is 6.52. The lowest BCUT2D eigenvalue weighted by atomic mass is 9.71. The van der Waals surface area contributed by atoms with Crippen LogP contribution in [0.4, 0.5) is 5.69 Å². The highest BCUT2D eigenvalue weighted by molar-refractivity contribution is 6.30. The first-order valence-corrected chi connectivity index (χ1v) is 14.0. The van der Waals surface area contributed by atoms with Crippen LogP contribution in [0.25, 0.3) is 0 Å². The molecule has 3 atom stereocenters. The second-order valence-corrected chi connectivity index (χ2v) is 11.2. The zero-order valence-electron chi connectivity index (χ0n) is 21.4. The molecular formula is C31H40ClN2O+. The Balaban J connectivity index is 1.49. The van der Waals surface area contributed by atoms with Crippen LogP contribution in [-0.4, -0.2) is 44.1 Å². The number of benzene rings is 2. The maximum atomic E-state index is 6.52. The Morgan fingerprint density at radius 2 is 1.94 bits per heavy atom. The number of hydrogen-bond donors (Lipinski definition) is 0. The molecule has 5 rings (SSSR count). The molecule has 0 spiro atoms. The Hall–Kier alpha value is -2.26. The number of anilines is 1. The first-order chi connectivity index (χ1) is 17.1. The van der Waals surface area contributed by atoms with Gasteiger partial charge in [-0.15, -0.1) is 0 Å². The van der Waals surface area contributed by atoms with Crippen molar-refractivity contribution >= 4 is 23.5 Å². The van der Waals surface area contributed by atoms with Gasteiger partial charge in [-0.25, -0.2) is 4.58 Å². The molecule has 2 heterocycles. The summed E-state index contributed by atoms with van der Waals surface area (Å²) in [5.74, 6) is 2.94. The van der Waals surface area contributed by atoms with Crippen molar-refractivity contribution in [1.82, 2.24) is 0 Å². The van der Waals surface area contributed by atoms with Crippen molar-refractivity contribution in [3.63, 3.8) is 0 Å². The van der Waals surface area contributed by atoms with Crippen LogP contribution < -0.4 is 9.64 Å². The first kappa shape index (κ1) is 24.4. The second-order valence-electron chi connectivity index (χ2n) is 10.8. The lowest BCUT2D eigenvalue weighted by molar-refractivity contribution is -0.492. The van der Waals surface area contributed by atoms with Crippen molar-refractivity contribution in [3.8, 4) is 5.75 Å². The zero-order chi connectivity index (χ0) is 24.2. The van der Waals surface area contributed by atoms with Crippen molar-refractivity contribution in [2.75, 3.05) is 38.2 Å². The van der Waals surface area contributed by atoms with Gasteiger partial charge in [0.2, 0.25) is 0 Å². The molecule has 2 aliphatic heterocycles. The summed E-state index contributed by atoms with van der Waals surface area (Å²) >= 11 is 6.40.